The topological polar surface area (TPSA) is 0 Å². The van der Waals surface area contributed by atoms with Gasteiger partial charge in [-0.2, -0.15) is 0 Å². The summed E-state index contributed by atoms with van der Waals surface area (Å²) in [7, 11) is -1.18. The first-order valence-corrected chi connectivity index (χ1v) is 12.1. The fourth-order valence-corrected chi connectivity index (χ4v) is 15.4. The van der Waals surface area contributed by atoms with Crippen molar-refractivity contribution in [3.8, 4) is 0 Å². The molecule has 50 valence electrons. The molecular formula is C5H14AsClSi. The Balaban J connectivity index is 3.39. The monoisotopic (exact) mass is 212 g/mol. The van der Waals surface area contributed by atoms with Crippen LogP contribution in [0.25, 0.3) is 0 Å². The van der Waals surface area contributed by atoms with Crippen LogP contribution in [0.3, 0.4) is 0 Å². The quantitative estimate of drug-likeness (QED) is 0.488. The van der Waals surface area contributed by atoms with Crippen LogP contribution in [0.2, 0.25) is 29.3 Å². The molecule has 0 heterocycles. The first-order valence-electron chi connectivity index (χ1n) is 2.75. The van der Waals surface area contributed by atoms with E-state index in [0.717, 1.165) is 0 Å². The van der Waals surface area contributed by atoms with E-state index in [0.29, 0.717) is 0 Å². The Morgan fingerprint density at radius 2 is 1.75 bits per heavy atom. The molecule has 0 unspecified atom stereocenters. The van der Waals surface area contributed by atoms with Gasteiger partial charge in [0.1, 0.15) is 0 Å². The van der Waals surface area contributed by atoms with E-state index in [1.54, 1.807) is 0 Å². The summed E-state index contributed by atoms with van der Waals surface area (Å²) in [6.45, 7) is 4.45. The van der Waals surface area contributed by atoms with E-state index in [4.69, 9.17) is 11.1 Å². The molecule has 0 atom stereocenters. The fourth-order valence-electron chi connectivity index (χ4n) is 0.752. The number of halogens is 1. The van der Waals surface area contributed by atoms with Gasteiger partial charge in [-0.05, 0) is 0 Å². The minimum atomic E-state index is -1.18. The van der Waals surface area contributed by atoms with E-state index in [-0.39, 0.29) is 0 Å². The van der Waals surface area contributed by atoms with Gasteiger partial charge in [0.25, 0.3) is 0 Å². The third-order valence-corrected chi connectivity index (χ3v) is 12.7. The van der Waals surface area contributed by atoms with Gasteiger partial charge in [-0.25, -0.2) is 0 Å². The maximum atomic E-state index is 6.10. The fraction of sp³-hybridized carbons (Fsp3) is 1.00. The van der Waals surface area contributed by atoms with E-state index < -0.39 is 22.0 Å². The number of hydrogen-bond donors (Lipinski definition) is 0. The molecule has 0 saturated heterocycles. The second-order valence-electron chi connectivity index (χ2n) is 2.96. The van der Waals surface area contributed by atoms with Gasteiger partial charge in [-0.3, -0.25) is 0 Å². The van der Waals surface area contributed by atoms with Crippen LogP contribution in [0.4, 0.5) is 0 Å². The molecule has 0 aliphatic carbocycles. The van der Waals surface area contributed by atoms with Crippen LogP contribution >= 0.6 is 11.1 Å². The van der Waals surface area contributed by atoms with E-state index in [1.165, 1.54) is 4.83 Å². The second-order valence-corrected chi connectivity index (χ2v) is 16.3. The van der Waals surface area contributed by atoms with E-state index in [1.807, 2.05) is 0 Å². The molecule has 0 aromatic rings. The van der Waals surface area contributed by atoms with Gasteiger partial charge in [-0.15, -0.1) is 0 Å². The molecule has 0 amide bonds. The Morgan fingerprint density at radius 3 is 1.75 bits per heavy atom. The first kappa shape index (κ1) is 9.07. The summed E-state index contributed by atoms with van der Waals surface area (Å²) in [5.74, 6) is 0. The first-order chi connectivity index (χ1) is 3.42. The zero-order valence-electron chi connectivity index (χ0n) is 6.03. The van der Waals surface area contributed by atoms with E-state index in [9.17, 15) is 0 Å². The van der Waals surface area contributed by atoms with Gasteiger partial charge in [0, 0.05) is 0 Å². The van der Waals surface area contributed by atoms with Crippen molar-refractivity contribution in [2.75, 3.05) is 0 Å². The van der Waals surface area contributed by atoms with Gasteiger partial charge >= 0.3 is 62.5 Å². The molecule has 0 rings (SSSR count). The Kier molecular flexibility index (Phi) is 3.73. The van der Waals surface area contributed by atoms with Crippen molar-refractivity contribution in [3.63, 3.8) is 0 Å². The molecule has 0 spiro atoms. The molecule has 0 radical (unpaired) electrons. The molecular weight excluding hydrogens is 199 g/mol. The van der Waals surface area contributed by atoms with Crippen molar-refractivity contribution in [2.24, 2.45) is 0 Å². The second kappa shape index (κ2) is 3.29. The van der Waals surface area contributed by atoms with Crippen molar-refractivity contribution in [1.82, 2.24) is 0 Å². The van der Waals surface area contributed by atoms with E-state index >= 15 is 0 Å². The summed E-state index contributed by atoms with van der Waals surface area (Å²) < 4.78 is 0. The van der Waals surface area contributed by atoms with Crippen LogP contribution in [0.1, 0.15) is 0 Å². The summed E-state index contributed by atoms with van der Waals surface area (Å²) in [6.07, 6.45) is 0. The molecule has 0 bridgehead atoms. The standard InChI is InChI=1S/C5H14AsClSi/c1-6(2)5-8(3,4)7/h5H2,1-4H3. The van der Waals surface area contributed by atoms with Crippen LogP contribution < -0.4 is 0 Å². The predicted molar refractivity (Wildman–Crippen MR) is 45.6 cm³/mol. The minimum absolute atomic E-state index is 0.423. The van der Waals surface area contributed by atoms with Crippen LogP contribution in [-0.4, -0.2) is 22.0 Å². The van der Waals surface area contributed by atoms with Gasteiger partial charge < -0.3 is 0 Å². The molecule has 8 heavy (non-hydrogen) atoms. The SMILES string of the molecule is C[As](C)C[Si](C)(C)Cl. The third-order valence-electron chi connectivity index (χ3n) is 0.692. The van der Waals surface area contributed by atoms with Crippen molar-refractivity contribution in [3.05, 3.63) is 0 Å². The average molecular weight is 213 g/mol. The van der Waals surface area contributed by atoms with Crippen LogP contribution in [0, 0.1) is 0 Å². The van der Waals surface area contributed by atoms with Gasteiger partial charge in [0.05, 0.1) is 0 Å². The van der Waals surface area contributed by atoms with Crippen molar-refractivity contribution < 1.29 is 0 Å². The Morgan fingerprint density at radius 1 is 1.38 bits per heavy atom. The molecule has 0 aliphatic heterocycles. The average Bonchev–Trinajstić information content (AvgIpc) is 1.21. The van der Waals surface area contributed by atoms with Crippen molar-refractivity contribution in [1.29, 1.82) is 0 Å². The summed E-state index contributed by atoms with van der Waals surface area (Å²) in [5, 5.41) is 0. The summed E-state index contributed by atoms with van der Waals surface area (Å²) in [4.78, 5) is 1.38. The Hall–Kier alpha value is 1.07. The zero-order valence-corrected chi connectivity index (χ0v) is 9.66. The maximum absolute atomic E-state index is 6.10. The predicted octanol–water partition coefficient (Wildman–Crippen LogP) is 2.72. The number of rotatable bonds is 2. The number of hydrogen-bond acceptors (Lipinski definition) is 0. The zero-order chi connectivity index (χ0) is 6.78. The Bertz CT molecular complexity index is 67.3. The van der Waals surface area contributed by atoms with Crippen molar-refractivity contribution >= 4 is 33.1 Å². The van der Waals surface area contributed by atoms with Crippen LogP contribution in [0.5, 0.6) is 0 Å². The normalized spacial score (nSPS) is 12.8. The van der Waals surface area contributed by atoms with E-state index in [2.05, 4.69) is 24.5 Å². The van der Waals surface area contributed by atoms with Crippen LogP contribution in [0.15, 0.2) is 0 Å². The summed E-state index contributed by atoms with van der Waals surface area (Å²) in [5.41, 5.74) is 4.73. The van der Waals surface area contributed by atoms with Crippen LogP contribution in [-0.2, 0) is 0 Å². The third kappa shape index (κ3) is 7.07. The molecule has 0 fully saturated rings. The van der Waals surface area contributed by atoms with Crippen molar-refractivity contribution in [2.45, 2.75) is 29.3 Å². The molecule has 0 nitrogen and oxygen atoms in total. The van der Waals surface area contributed by atoms with Gasteiger partial charge in [0.2, 0.25) is 0 Å². The molecule has 0 N–H and O–H groups in total. The molecule has 0 aromatic carbocycles. The van der Waals surface area contributed by atoms with Gasteiger partial charge in [-0.1, -0.05) is 0 Å². The molecule has 3 heteroatoms. The summed E-state index contributed by atoms with van der Waals surface area (Å²) in [6, 6.07) is 0. The summed E-state index contributed by atoms with van der Waals surface area (Å²) >= 11 is 5.68. The molecule has 0 saturated carbocycles. The Labute approximate surface area is 62.6 Å². The molecule has 0 aromatic heterocycles. The molecule has 0 aliphatic rings. The van der Waals surface area contributed by atoms with Gasteiger partial charge in [0.15, 0.2) is 0 Å².